The number of ether oxygens (including phenoxy) is 1. The maximum atomic E-state index is 13.0. The molecule has 29 heavy (non-hydrogen) atoms. The van der Waals surface area contributed by atoms with E-state index >= 15 is 0 Å². The third kappa shape index (κ3) is 4.09. The number of benzene rings is 3. The third-order valence-corrected chi connectivity index (χ3v) is 5.60. The van der Waals surface area contributed by atoms with Crippen LogP contribution in [0.25, 0.3) is 11.6 Å². The van der Waals surface area contributed by atoms with Crippen LogP contribution in [0.5, 0.6) is 5.75 Å². The molecule has 0 bridgehead atoms. The summed E-state index contributed by atoms with van der Waals surface area (Å²) < 4.78 is 7.00. The van der Waals surface area contributed by atoms with Gasteiger partial charge in [0.05, 0.1) is 5.69 Å². The molecule has 0 N–H and O–H groups in total. The van der Waals surface area contributed by atoms with Crippen LogP contribution >= 0.6 is 27.5 Å². The number of nitrogens with zero attached hydrogens (tertiary/aromatic N) is 1. The Morgan fingerprint density at radius 1 is 1.07 bits per heavy atom. The summed E-state index contributed by atoms with van der Waals surface area (Å²) in [6.07, 6.45) is 1.92. The molecule has 3 aromatic rings. The highest BCUT2D eigenvalue weighted by Gasteiger charge is 2.31. The maximum Gasteiger partial charge on any atom is 0.258 e. The van der Waals surface area contributed by atoms with Gasteiger partial charge in [-0.2, -0.15) is 0 Å². The van der Waals surface area contributed by atoms with E-state index in [0.717, 1.165) is 32.6 Å². The first kappa shape index (κ1) is 19.7. The molecule has 3 aromatic carbocycles. The van der Waals surface area contributed by atoms with E-state index in [-0.39, 0.29) is 5.91 Å². The maximum absolute atomic E-state index is 13.0. The van der Waals surface area contributed by atoms with Crippen LogP contribution in [0, 0.1) is 0 Å². The summed E-state index contributed by atoms with van der Waals surface area (Å²) in [5, 5.41) is 0.696. The predicted molar refractivity (Wildman–Crippen MR) is 122 cm³/mol. The lowest BCUT2D eigenvalue weighted by molar-refractivity contribution is -0.112. The number of para-hydroxylation sites is 1. The van der Waals surface area contributed by atoms with E-state index in [2.05, 4.69) is 15.9 Å². The summed E-state index contributed by atoms with van der Waals surface area (Å²) in [6.45, 7) is 3.03. The number of rotatable bonds is 5. The van der Waals surface area contributed by atoms with Crippen molar-refractivity contribution in [3.63, 3.8) is 0 Å². The lowest BCUT2D eigenvalue weighted by atomic mass is 10.0. The van der Waals surface area contributed by atoms with E-state index in [1.165, 1.54) is 0 Å². The molecule has 1 amide bonds. The monoisotopic (exact) mass is 467 g/mol. The average molecular weight is 469 g/mol. The number of carbonyl (C=O) groups excluding carboxylic acids is 1. The Bertz CT molecular complexity index is 1090. The van der Waals surface area contributed by atoms with Crippen LogP contribution in [0.3, 0.4) is 0 Å². The second-order valence-corrected chi connectivity index (χ2v) is 8.07. The molecule has 1 heterocycles. The van der Waals surface area contributed by atoms with Crippen LogP contribution in [-0.2, 0) is 11.4 Å². The van der Waals surface area contributed by atoms with Gasteiger partial charge < -0.3 is 9.64 Å². The molecular weight excluding hydrogens is 450 g/mol. The number of halogens is 2. The number of hydrogen-bond donors (Lipinski definition) is 0. The van der Waals surface area contributed by atoms with Crippen LogP contribution < -0.4 is 9.64 Å². The highest BCUT2D eigenvalue weighted by atomic mass is 79.9. The smallest absolute Gasteiger partial charge is 0.258 e. The van der Waals surface area contributed by atoms with Gasteiger partial charge in [-0.15, -0.1) is 0 Å². The Labute approximate surface area is 183 Å². The molecule has 0 unspecified atom stereocenters. The average Bonchev–Trinajstić information content (AvgIpc) is 2.99. The normalized spacial score (nSPS) is 14.4. The number of fused-ring (bicyclic) bond motifs is 1. The Hall–Kier alpha value is -2.56. The fraction of sp³-hybridized carbons (Fsp3) is 0.125. The Morgan fingerprint density at radius 3 is 2.59 bits per heavy atom. The van der Waals surface area contributed by atoms with Gasteiger partial charge in [-0.3, -0.25) is 4.79 Å². The van der Waals surface area contributed by atoms with Crippen LogP contribution in [0.15, 0.2) is 71.2 Å². The molecular formula is C24H19BrClNO2. The summed E-state index contributed by atoms with van der Waals surface area (Å²) in [4.78, 5) is 14.8. The second kappa shape index (κ2) is 8.44. The second-order valence-electron chi connectivity index (χ2n) is 6.72. The van der Waals surface area contributed by atoms with Crippen molar-refractivity contribution < 1.29 is 9.53 Å². The predicted octanol–water partition coefficient (Wildman–Crippen LogP) is 6.59. The van der Waals surface area contributed by atoms with Crippen LogP contribution in [0.2, 0.25) is 5.02 Å². The SMILES string of the molecule is CCN1C(=O)/C(=C\c2cc(Br)ccc2OCc2ccc(Cl)cc2)c2ccccc21. The van der Waals surface area contributed by atoms with Crippen molar-refractivity contribution >= 4 is 50.8 Å². The van der Waals surface area contributed by atoms with E-state index in [4.69, 9.17) is 16.3 Å². The van der Waals surface area contributed by atoms with Crippen LogP contribution in [-0.4, -0.2) is 12.5 Å². The van der Waals surface area contributed by atoms with E-state index in [0.29, 0.717) is 23.7 Å². The van der Waals surface area contributed by atoms with Crippen molar-refractivity contribution in [2.75, 3.05) is 11.4 Å². The third-order valence-electron chi connectivity index (χ3n) is 4.86. The zero-order valence-corrected chi connectivity index (χ0v) is 18.2. The Morgan fingerprint density at radius 2 is 1.83 bits per heavy atom. The van der Waals surface area contributed by atoms with Crippen LogP contribution in [0.1, 0.15) is 23.6 Å². The topological polar surface area (TPSA) is 29.5 Å². The molecule has 0 aromatic heterocycles. The fourth-order valence-electron chi connectivity index (χ4n) is 3.42. The van der Waals surface area contributed by atoms with Gasteiger partial charge in [-0.1, -0.05) is 57.9 Å². The lowest BCUT2D eigenvalue weighted by Crippen LogP contribution is -2.25. The van der Waals surface area contributed by atoms with E-state index in [1.54, 1.807) is 4.90 Å². The summed E-state index contributed by atoms with van der Waals surface area (Å²) in [7, 11) is 0. The number of amides is 1. The van der Waals surface area contributed by atoms with E-state index in [9.17, 15) is 4.79 Å². The summed E-state index contributed by atoms with van der Waals surface area (Å²) in [6, 6.07) is 21.3. The quantitative estimate of drug-likeness (QED) is 0.395. The molecule has 0 saturated heterocycles. The molecule has 0 radical (unpaired) electrons. The zero-order chi connectivity index (χ0) is 20.4. The first-order valence-corrected chi connectivity index (χ1v) is 10.5. The van der Waals surface area contributed by atoms with Gasteiger partial charge in [0.15, 0.2) is 0 Å². The molecule has 5 heteroatoms. The van der Waals surface area contributed by atoms with Crippen LogP contribution in [0.4, 0.5) is 5.69 Å². The van der Waals surface area contributed by atoms with Crippen molar-refractivity contribution in [3.8, 4) is 5.75 Å². The van der Waals surface area contributed by atoms with Crippen molar-refractivity contribution in [1.82, 2.24) is 0 Å². The molecule has 0 fully saturated rings. The van der Waals surface area contributed by atoms with Gasteiger partial charge in [-0.25, -0.2) is 0 Å². The standard InChI is InChI=1S/C24H19BrClNO2/c1-2-27-22-6-4-3-5-20(22)21(24(27)28)14-17-13-18(25)9-12-23(17)29-15-16-7-10-19(26)11-8-16/h3-14H,2,15H2,1H3/b21-14-. The van der Waals surface area contributed by atoms with Gasteiger partial charge in [0, 0.05) is 32.7 Å². The van der Waals surface area contributed by atoms with Crippen molar-refractivity contribution in [3.05, 3.63) is 92.9 Å². The molecule has 3 nitrogen and oxygen atoms in total. The molecule has 1 aliphatic heterocycles. The first-order chi connectivity index (χ1) is 14.1. The number of anilines is 1. The molecule has 0 spiro atoms. The summed E-state index contributed by atoms with van der Waals surface area (Å²) in [5.41, 5.74) is 4.45. The van der Waals surface area contributed by atoms with Gasteiger partial charge in [0.1, 0.15) is 12.4 Å². The fourth-order valence-corrected chi connectivity index (χ4v) is 3.93. The number of likely N-dealkylation sites (N-methyl/N-ethyl adjacent to an activating group) is 1. The first-order valence-electron chi connectivity index (χ1n) is 9.36. The van der Waals surface area contributed by atoms with Gasteiger partial charge >= 0.3 is 0 Å². The van der Waals surface area contributed by atoms with Crippen molar-refractivity contribution in [2.24, 2.45) is 0 Å². The highest BCUT2D eigenvalue weighted by molar-refractivity contribution is 9.10. The summed E-state index contributed by atoms with van der Waals surface area (Å²) in [5.74, 6) is 0.730. The molecule has 0 aliphatic carbocycles. The highest BCUT2D eigenvalue weighted by Crippen LogP contribution is 2.38. The minimum atomic E-state index is 0.0114. The van der Waals surface area contributed by atoms with E-state index in [1.807, 2.05) is 79.7 Å². The van der Waals surface area contributed by atoms with Crippen molar-refractivity contribution in [1.29, 1.82) is 0 Å². The zero-order valence-electron chi connectivity index (χ0n) is 15.9. The largest absolute Gasteiger partial charge is 0.488 e. The Balaban J connectivity index is 1.69. The number of carbonyl (C=O) groups is 1. The molecule has 4 rings (SSSR count). The number of hydrogen-bond acceptors (Lipinski definition) is 2. The Kier molecular flexibility index (Phi) is 5.74. The minimum Gasteiger partial charge on any atom is -0.488 e. The van der Waals surface area contributed by atoms with Gasteiger partial charge in [0.25, 0.3) is 5.91 Å². The molecule has 0 atom stereocenters. The van der Waals surface area contributed by atoms with Gasteiger partial charge in [0.2, 0.25) is 0 Å². The summed E-state index contributed by atoms with van der Waals surface area (Å²) >= 11 is 9.48. The lowest BCUT2D eigenvalue weighted by Gasteiger charge is -2.13. The molecule has 1 aliphatic rings. The van der Waals surface area contributed by atoms with E-state index < -0.39 is 0 Å². The molecule has 146 valence electrons. The minimum absolute atomic E-state index is 0.0114. The van der Waals surface area contributed by atoms with Crippen molar-refractivity contribution in [2.45, 2.75) is 13.5 Å². The van der Waals surface area contributed by atoms with Gasteiger partial charge in [-0.05, 0) is 55.0 Å². The molecule has 0 saturated carbocycles.